The highest BCUT2D eigenvalue weighted by molar-refractivity contribution is 6.26. The first-order valence-corrected chi connectivity index (χ1v) is 8.15. The Kier molecular flexibility index (Phi) is 5.79. The smallest absolute Gasteiger partial charge is 0.213 e. The fraction of sp³-hybridized carbons (Fsp3) is 0.444. The number of allylic oxidation sites excluding steroid dienone is 2. The molecular weight excluding hydrogens is 294 g/mol. The Morgan fingerprint density at radius 2 is 1.52 bits per heavy atom. The highest BCUT2D eigenvalue weighted by Crippen LogP contribution is 2.33. The van der Waals surface area contributed by atoms with E-state index in [1.54, 1.807) is 0 Å². The molecule has 23 heavy (non-hydrogen) atoms. The summed E-state index contributed by atoms with van der Waals surface area (Å²) in [5.74, 6) is -1.51. The number of unbranched alkanes of at least 4 members (excludes halogenated alkanes) is 5. The Bertz CT molecular complexity index is 634. The lowest BCUT2D eigenvalue weighted by molar-refractivity contribution is 0.0973. The number of hydrogen-bond acceptors (Lipinski definition) is 5. The van der Waals surface area contributed by atoms with E-state index in [0.29, 0.717) is 6.54 Å². The van der Waals surface area contributed by atoms with Gasteiger partial charge in [-0.3, -0.25) is 9.59 Å². The molecule has 0 radical (unpaired) electrons. The number of carbonyl (C=O) groups excluding carboxylic acids is 2. The van der Waals surface area contributed by atoms with Gasteiger partial charge in [-0.25, -0.2) is 0 Å². The molecule has 2 rings (SSSR count). The van der Waals surface area contributed by atoms with Crippen molar-refractivity contribution in [2.24, 2.45) is 0 Å². The van der Waals surface area contributed by atoms with Crippen molar-refractivity contribution in [3.63, 3.8) is 0 Å². The molecule has 1 aromatic carbocycles. The normalized spacial score (nSPS) is 13.7. The highest BCUT2D eigenvalue weighted by atomic mass is 16.3. The summed E-state index contributed by atoms with van der Waals surface area (Å²) in [6.07, 6.45) is 8.02. The summed E-state index contributed by atoms with van der Waals surface area (Å²) >= 11 is 0. The van der Waals surface area contributed by atoms with Gasteiger partial charge in [-0.2, -0.15) is 0 Å². The lowest BCUT2D eigenvalue weighted by Crippen LogP contribution is -2.27. The van der Waals surface area contributed by atoms with Crippen LogP contribution < -0.4 is 5.32 Å². The van der Waals surface area contributed by atoms with Crippen LogP contribution in [0.25, 0.3) is 0 Å². The van der Waals surface area contributed by atoms with Gasteiger partial charge in [0.1, 0.15) is 11.5 Å². The number of aromatic hydroxyl groups is 2. The molecule has 0 bridgehead atoms. The molecule has 1 aliphatic carbocycles. The third kappa shape index (κ3) is 3.92. The van der Waals surface area contributed by atoms with E-state index in [0.717, 1.165) is 12.8 Å². The van der Waals surface area contributed by atoms with Crippen LogP contribution in [0.4, 0.5) is 0 Å². The number of ketones is 2. The van der Waals surface area contributed by atoms with Crippen LogP contribution in [0.3, 0.4) is 0 Å². The summed E-state index contributed by atoms with van der Waals surface area (Å²) < 4.78 is 0. The minimum absolute atomic E-state index is 0.122. The van der Waals surface area contributed by atoms with E-state index >= 15 is 0 Å². The number of phenolic OH excluding ortho intramolecular Hbond substituents is 2. The SMILES string of the molecule is CCCCCCCCNC1=CC(=O)c2c(O)ccc(O)c2C1=O. The molecule has 0 aromatic heterocycles. The Hall–Kier alpha value is -2.30. The first-order valence-electron chi connectivity index (χ1n) is 8.15. The molecule has 1 aromatic rings. The van der Waals surface area contributed by atoms with Crippen molar-refractivity contribution in [2.45, 2.75) is 45.4 Å². The second-order valence-electron chi connectivity index (χ2n) is 5.80. The molecule has 0 saturated heterocycles. The number of phenols is 2. The number of hydrogen-bond donors (Lipinski definition) is 3. The molecule has 3 N–H and O–H groups in total. The molecule has 0 aliphatic heterocycles. The first-order chi connectivity index (χ1) is 11.1. The number of fused-ring (bicyclic) bond motifs is 1. The number of Topliss-reactive ketones (excluding diaryl/α,β-unsaturated/α-hetero) is 1. The molecule has 5 nitrogen and oxygen atoms in total. The quantitative estimate of drug-likeness (QED) is 0.506. The second kappa shape index (κ2) is 7.81. The van der Waals surface area contributed by atoms with E-state index in [9.17, 15) is 19.8 Å². The van der Waals surface area contributed by atoms with Gasteiger partial charge in [-0.15, -0.1) is 0 Å². The van der Waals surface area contributed by atoms with Gasteiger partial charge >= 0.3 is 0 Å². The van der Waals surface area contributed by atoms with Gasteiger partial charge in [0.25, 0.3) is 0 Å². The van der Waals surface area contributed by atoms with Crippen molar-refractivity contribution in [3.8, 4) is 11.5 Å². The summed E-state index contributed by atoms with van der Waals surface area (Å²) in [4.78, 5) is 24.5. The molecule has 0 atom stereocenters. The van der Waals surface area contributed by atoms with Crippen LogP contribution in [0.1, 0.15) is 66.2 Å². The standard InChI is InChI=1S/C18H23NO4/c1-2-3-4-5-6-7-10-19-12-11-15(22)16-13(20)8-9-14(21)17(16)18(12)23/h8-9,11,19-21H,2-7,10H2,1H3. The van der Waals surface area contributed by atoms with Crippen LogP contribution in [0.2, 0.25) is 0 Å². The third-order valence-corrected chi connectivity index (χ3v) is 4.00. The monoisotopic (exact) mass is 317 g/mol. The lowest BCUT2D eigenvalue weighted by atomic mass is 9.91. The lowest BCUT2D eigenvalue weighted by Gasteiger charge is -2.18. The molecule has 124 valence electrons. The summed E-state index contributed by atoms with van der Waals surface area (Å²) in [5, 5.41) is 22.6. The van der Waals surface area contributed by atoms with Crippen molar-refractivity contribution in [3.05, 3.63) is 35.0 Å². The minimum Gasteiger partial charge on any atom is -0.507 e. The summed E-state index contributed by atoms with van der Waals surface area (Å²) in [6.45, 7) is 2.77. The zero-order valence-corrected chi connectivity index (χ0v) is 13.4. The third-order valence-electron chi connectivity index (χ3n) is 4.00. The Morgan fingerprint density at radius 1 is 0.913 bits per heavy atom. The average molecular weight is 317 g/mol. The number of carbonyl (C=O) groups is 2. The van der Waals surface area contributed by atoms with E-state index < -0.39 is 11.6 Å². The Balaban J connectivity index is 1.96. The van der Waals surface area contributed by atoms with Crippen molar-refractivity contribution in [2.75, 3.05) is 6.54 Å². The van der Waals surface area contributed by atoms with Crippen LogP contribution in [-0.4, -0.2) is 28.3 Å². The van der Waals surface area contributed by atoms with Gasteiger partial charge in [-0.1, -0.05) is 39.0 Å². The fourth-order valence-corrected chi connectivity index (χ4v) is 2.72. The van der Waals surface area contributed by atoms with Gasteiger partial charge in [0.05, 0.1) is 16.8 Å². The van der Waals surface area contributed by atoms with Gasteiger partial charge < -0.3 is 15.5 Å². The maximum absolute atomic E-state index is 12.4. The van der Waals surface area contributed by atoms with Crippen LogP contribution in [-0.2, 0) is 0 Å². The van der Waals surface area contributed by atoms with Crippen molar-refractivity contribution < 1.29 is 19.8 Å². The number of rotatable bonds is 8. The largest absolute Gasteiger partial charge is 0.507 e. The van der Waals surface area contributed by atoms with Crippen LogP contribution in [0.5, 0.6) is 11.5 Å². The minimum atomic E-state index is -0.474. The van der Waals surface area contributed by atoms with Crippen molar-refractivity contribution >= 4 is 11.6 Å². The maximum Gasteiger partial charge on any atom is 0.213 e. The molecule has 0 heterocycles. The van der Waals surface area contributed by atoms with E-state index in [-0.39, 0.29) is 28.3 Å². The van der Waals surface area contributed by atoms with Gasteiger partial charge in [0.15, 0.2) is 5.78 Å². The molecule has 0 unspecified atom stereocenters. The summed E-state index contributed by atoms with van der Waals surface area (Å²) in [7, 11) is 0. The Labute approximate surface area is 136 Å². The van der Waals surface area contributed by atoms with Gasteiger partial charge in [-0.05, 0) is 18.6 Å². The maximum atomic E-state index is 12.4. The second-order valence-corrected chi connectivity index (χ2v) is 5.80. The van der Waals surface area contributed by atoms with Gasteiger partial charge in [0.2, 0.25) is 5.78 Å². The molecule has 0 spiro atoms. The number of nitrogens with one attached hydrogen (secondary N) is 1. The van der Waals surface area contributed by atoms with Crippen LogP contribution in [0.15, 0.2) is 23.9 Å². The first kappa shape index (κ1) is 17.1. The van der Waals surface area contributed by atoms with E-state index in [2.05, 4.69) is 12.2 Å². The van der Waals surface area contributed by atoms with Crippen LogP contribution >= 0.6 is 0 Å². The molecule has 1 aliphatic rings. The predicted molar refractivity (Wildman–Crippen MR) is 87.9 cm³/mol. The zero-order chi connectivity index (χ0) is 16.8. The number of benzene rings is 1. The average Bonchev–Trinajstić information content (AvgIpc) is 2.53. The fourth-order valence-electron chi connectivity index (χ4n) is 2.72. The van der Waals surface area contributed by atoms with Crippen LogP contribution in [0, 0.1) is 0 Å². The van der Waals surface area contributed by atoms with E-state index in [4.69, 9.17) is 0 Å². The molecule has 0 amide bonds. The summed E-state index contributed by atoms with van der Waals surface area (Å²) in [6, 6.07) is 2.43. The molecule has 5 heteroatoms. The molecule has 0 fully saturated rings. The van der Waals surface area contributed by atoms with Crippen molar-refractivity contribution in [1.29, 1.82) is 0 Å². The van der Waals surface area contributed by atoms with E-state index in [1.165, 1.54) is 43.9 Å². The zero-order valence-electron chi connectivity index (χ0n) is 13.4. The van der Waals surface area contributed by atoms with E-state index in [1.807, 2.05) is 0 Å². The summed E-state index contributed by atoms with van der Waals surface area (Å²) in [5.41, 5.74) is -0.0694. The van der Waals surface area contributed by atoms with Gasteiger partial charge in [0, 0.05) is 12.6 Å². The topological polar surface area (TPSA) is 86.6 Å². The van der Waals surface area contributed by atoms with Crippen molar-refractivity contribution in [1.82, 2.24) is 5.32 Å². The highest BCUT2D eigenvalue weighted by Gasteiger charge is 2.30. The molecular formula is C18H23NO4. The Morgan fingerprint density at radius 3 is 2.22 bits per heavy atom. The predicted octanol–water partition coefficient (Wildman–Crippen LogP) is 3.31. The molecule has 0 saturated carbocycles.